The molecule has 2 aromatic carbocycles. The zero-order chi connectivity index (χ0) is 22.7. The lowest BCUT2D eigenvalue weighted by atomic mass is 10.1. The molecule has 0 amide bonds. The van der Waals surface area contributed by atoms with Crippen molar-refractivity contribution in [3.8, 4) is 11.5 Å². The number of morpholine rings is 1. The number of ether oxygens (including phenoxy) is 1. The topological polar surface area (TPSA) is 80.8 Å². The van der Waals surface area contributed by atoms with Gasteiger partial charge in [-0.2, -0.15) is 4.31 Å². The summed E-state index contributed by atoms with van der Waals surface area (Å²) in [5, 5.41) is 4.49. The number of aryl methyl sites for hydroxylation is 1. The van der Waals surface area contributed by atoms with Crippen LogP contribution in [0.25, 0.3) is 11.5 Å². The van der Waals surface area contributed by atoms with E-state index in [0.29, 0.717) is 38.5 Å². The van der Waals surface area contributed by atoms with Gasteiger partial charge in [0.25, 0.3) is 4.84 Å². The Hall–Kier alpha value is -2.37. The minimum atomic E-state index is -3.61. The molecule has 1 saturated heterocycles. The van der Waals surface area contributed by atoms with Crippen LogP contribution < -0.4 is 0 Å². The van der Waals surface area contributed by atoms with E-state index in [9.17, 15) is 8.42 Å². The van der Waals surface area contributed by atoms with Crippen molar-refractivity contribution < 1.29 is 17.6 Å². The minimum Gasteiger partial charge on any atom is -0.409 e. The SMILES string of the molecule is Cc1ccc(CN(C)Cn2nc(-c3cccc(S(=O)(=O)N4CCOCC4)c3)oc2=S)cc1. The van der Waals surface area contributed by atoms with Crippen LogP contribution >= 0.6 is 12.2 Å². The molecule has 0 bridgehead atoms. The second-order valence-electron chi connectivity index (χ2n) is 7.86. The van der Waals surface area contributed by atoms with Crippen molar-refractivity contribution >= 4 is 22.2 Å². The van der Waals surface area contributed by atoms with E-state index in [4.69, 9.17) is 21.4 Å². The molecule has 0 N–H and O–H groups in total. The largest absolute Gasteiger partial charge is 0.409 e. The molecule has 1 fully saturated rings. The highest BCUT2D eigenvalue weighted by Crippen LogP contribution is 2.24. The molecule has 0 spiro atoms. The Bertz CT molecular complexity index is 1230. The van der Waals surface area contributed by atoms with Crippen molar-refractivity contribution in [2.75, 3.05) is 33.4 Å². The van der Waals surface area contributed by atoms with Gasteiger partial charge < -0.3 is 9.15 Å². The van der Waals surface area contributed by atoms with E-state index in [-0.39, 0.29) is 15.6 Å². The van der Waals surface area contributed by atoms with Crippen LogP contribution in [0.15, 0.2) is 57.8 Å². The molecule has 10 heteroatoms. The molecule has 3 aromatic rings. The van der Waals surface area contributed by atoms with Gasteiger partial charge >= 0.3 is 0 Å². The summed E-state index contributed by atoms with van der Waals surface area (Å²) in [5.74, 6) is 0.290. The van der Waals surface area contributed by atoms with Gasteiger partial charge in [0.1, 0.15) is 0 Å². The van der Waals surface area contributed by atoms with E-state index in [1.165, 1.54) is 15.4 Å². The summed E-state index contributed by atoms with van der Waals surface area (Å²) >= 11 is 5.35. The summed E-state index contributed by atoms with van der Waals surface area (Å²) in [5.41, 5.74) is 2.97. The van der Waals surface area contributed by atoms with Gasteiger partial charge in [-0.3, -0.25) is 4.90 Å². The lowest BCUT2D eigenvalue weighted by molar-refractivity contribution is 0.0730. The third kappa shape index (κ3) is 5.16. The first-order valence-corrected chi connectivity index (χ1v) is 12.2. The molecule has 32 heavy (non-hydrogen) atoms. The maximum absolute atomic E-state index is 13.0. The van der Waals surface area contributed by atoms with Gasteiger partial charge in [0.05, 0.1) is 24.8 Å². The predicted octanol–water partition coefficient (Wildman–Crippen LogP) is 3.29. The first-order valence-electron chi connectivity index (χ1n) is 10.3. The molecule has 0 aliphatic carbocycles. The van der Waals surface area contributed by atoms with Crippen LogP contribution in [-0.2, 0) is 28.0 Å². The Morgan fingerprint density at radius 2 is 1.84 bits per heavy atom. The Balaban J connectivity index is 1.51. The smallest absolute Gasteiger partial charge is 0.288 e. The molecule has 1 aromatic heterocycles. The number of aromatic nitrogens is 2. The normalized spacial score (nSPS) is 15.3. The van der Waals surface area contributed by atoms with Gasteiger partial charge in [-0.25, -0.2) is 13.1 Å². The molecular weight excluding hydrogens is 448 g/mol. The quantitative estimate of drug-likeness (QED) is 0.486. The fourth-order valence-electron chi connectivity index (χ4n) is 3.52. The van der Waals surface area contributed by atoms with Gasteiger partial charge in [0.2, 0.25) is 15.9 Å². The zero-order valence-corrected chi connectivity index (χ0v) is 19.7. The molecule has 1 aliphatic heterocycles. The summed E-state index contributed by atoms with van der Waals surface area (Å²) in [6.45, 7) is 4.72. The van der Waals surface area contributed by atoms with E-state index in [2.05, 4.69) is 41.2 Å². The van der Waals surface area contributed by atoms with Crippen LogP contribution in [-0.4, -0.2) is 60.8 Å². The van der Waals surface area contributed by atoms with Gasteiger partial charge in [-0.05, 0) is 50.0 Å². The summed E-state index contributed by atoms with van der Waals surface area (Å²) < 4.78 is 39.9. The maximum Gasteiger partial charge on any atom is 0.288 e. The van der Waals surface area contributed by atoms with Crippen LogP contribution in [0.4, 0.5) is 0 Å². The summed E-state index contributed by atoms with van der Waals surface area (Å²) in [6.07, 6.45) is 0. The summed E-state index contributed by atoms with van der Waals surface area (Å²) in [7, 11) is -1.63. The van der Waals surface area contributed by atoms with Gasteiger partial charge in [-0.15, -0.1) is 5.10 Å². The molecule has 0 saturated carbocycles. The van der Waals surface area contributed by atoms with Gasteiger partial charge in [-0.1, -0.05) is 35.9 Å². The number of hydrogen-bond acceptors (Lipinski definition) is 7. The van der Waals surface area contributed by atoms with Crippen LogP contribution in [0.2, 0.25) is 0 Å². The van der Waals surface area contributed by atoms with Crippen molar-refractivity contribution in [3.05, 3.63) is 64.5 Å². The monoisotopic (exact) mass is 474 g/mol. The second kappa shape index (κ2) is 9.63. The zero-order valence-electron chi connectivity index (χ0n) is 18.1. The van der Waals surface area contributed by atoms with E-state index >= 15 is 0 Å². The lowest BCUT2D eigenvalue weighted by Crippen LogP contribution is -2.40. The molecule has 2 heterocycles. The second-order valence-corrected chi connectivity index (χ2v) is 10.1. The first kappa shape index (κ1) is 22.8. The highest BCUT2D eigenvalue weighted by molar-refractivity contribution is 7.89. The summed E-state index contributed by atoms with van der Waals surface area (Å²) in [4.78, 5) is 2.51. The average Bonchev–Trinajstić information content (AvgIpc) is 3.16. The average molecular weight is 475 g/mol. The van der Waals surface area contributed by atoms with Crippen molar-refractivity contribution in [1.29, 1.82) is 0 Å². The molecule has 1 aliphatic rings. The molecule has 0 unspecified atom stereocenters. The molecule has 8 nitrogen and oxygen atoms in total. The first-order chi connectivity index (χ1) is 15.3. The number of benzene rings is 2. The van der Waals surface area contributed by atoms with E-state index < -0.39 is 10.0 Å². The van der Waals surface area contributed by atoms with Gasteiger partial charge in [0, 0.05) is 25.2 Å². The van der Waals surface area contributed by atoms with E-state index in [1.54, 1.807) is 28.9 Å². The third-order valence-electron chi connectivity index (χ3n) is 5.24. The van der Waals surface area contributed by atoms with Crippen LogP contribution in [0, 0.1) is 11.8 Å². The fourth-order valence-corrected chi connectivity index (χ4v) is 5.15. The Morgan fingerprint density at radius 1 is 1.12 bits per heavy atom. The van der Waals surface area contributed by atoms with Crippen LogP contribution in [0.3, 0.4) is 0 Å². The molecule has 4 rings (SSSR count). The maximum atomic E-state index is 13.0. The number of nitrogens with zero attached hydrogens (tertiary/aromatic N) is 4. The third-order valence-corrected chi connectivity index (χ3v) is 7.43. The molecule has 0 radical (unpaired) electrons. The van der Waals surface area contributed by atoms with E-state index in [0.717, 1.165) is 6.54 Å². The summed E-state index contributed by atoms with van der Waals surface area (Å²) in [6, 6.07) is 15.0. The molecule has 0 atom stereocenters. The Kier molecular flexibility index (Phi) is 6.87. The standard InChI is InChI=1S/C22H26N4O4S2/c1-17-6-8-18(9-7-17)15-24(2)16-26-22(31)30-21(23-26)19-4-3-5-20(14-19)32(27,28)25-10-12-29-13-11-25/h3-9,14H,10-13,15-16H2,1-2H3. The number of rotatable bonds is 7. The lowest BCUT2D eigenvalue weighted by Gasteiger charge is -2.26. The predicted molar refractivity (Wildman–Crippen MR) is 123 cm³/mol. The Morgan fingerprint density at radius 3 is 2.56 bits per heavy atom. The van der Waals surface area contributed by atoms with Crippen molar-refractivity contribution in [3.63, 3.8) is 0 Å². The number of sulfonamides is 1. The Labute approximate surface area is 193 Å². The van der Waals surface area contributed by atoms with E-state index in [1.807, 2.05) is 7.05 Å². The van der Waals surface area contributed by atoms with Crippen molar-refractivity contribution in [1.82, 2.24) is 19.0 Å². The van der Waals surface area contributed by atoms with Crippen LogP contribution in [0.5, 0.6) is 0 Å². The molecule has 170 valence electrons. The highest BCUT2D eigenvalue weighted by Gasteiger charge is 2.27. The number of hydrogen-bond donors (Lipinski definition) is 0. The fraction of sp³-hybridized carbons (Fsp3) is 0.364. The van der Waals surface area contributed by atoms with Crippen molar-refractivity contribution in [2.24, 2.45) is 0 Å². The van der Waals surface area contributed by atoms with Gasteiger partial charge in [0.15, 0.2) is 0 Å². The van der Waals surface area contributed by atoms with Crippen LogP contribution in [0.1, 0.15) is 11.1 Å². The highest BCUT2D eigenvalue weighted by atomic mass is 32.2. The van der Waals surface area contributed by atoms with Crippen molar-refractivity contribution in [2.45, 2.75) is 25.0 Å². The minimum absolute atomic E-state index is 0.198. The molecular formula is C22H26N4O4S2.